The number of para-hydroxylation sites is 1. The molecular formula is C16H15ClN4O. The Morgan fingerprint density at radius 3 is 2.73 bits per heavy atom. The van der Waals surface area contributed by atoms with E-state index < -0.39 is 0 Å². The van der Waals surface area contributed by atoms with Crippen molar-refractivity contribution in [2.24, 2.45) is 0 Å². The predicted molar refractivity (Wildman–Crippen MR) is 87.2 cm³/mol. The lowest BCUT2D eigenvalue weighted by Crippen LogP contribution is -2.18. The van der Waals surface area contributed by atoms with Gasteiger partial charge in [-0.2, -0.15) is 5.10 Å². The van der Waals surface area contributed by atoms with Gasteiger partial charge in [-0.3, -0.25) is 4.98 Å². The fourth-order valence-corrected chi connectivity index (χ4v) is 2.35. The molecule has 0 aliphatic rings. The van der Waals surface area contributed by atoms with Gasteiger partial charge in [0, 0.05) is 10.7 Å². The number of hydrogen-bond donors (Lipinski definition) is 2. The van der Waals surface area contributed by atoms with Crippen LogP contribution < -0.4 is 11.0 Å². The van der Waals surface area contributed by atoms with Crippen molar-refractivity contribution in [1.82, 2.24) is 14.8 Å². The number of rotatable bonds is 5. The number of aromatic amines is 1. The number of benzene rings is 2. The third-order valence-corrected chi connectivity index (χ3v) is 3.42. The van der Waals surface area contributed by atoms with Gasteiger partial charge in [-0.15, -0.1) is 0 Å². The molecule has 1 aromatic heterocycles. The van der Waals surface area contributed by atoms with E-state index in [1.54, 1.807) is 6.07 Å². The Balaban J connectivity index is 1.70. The van der Waals surface area contributed by atoms with Crippen molar-refractivity contribution < 1.29 is 0 Å². The van der Waals surface area contributed by atoms with E-state index in [4.69, 9.17) is 11.6 Å². The normalized spacial score (nSPS) is 10.6. The van der Waals surface area contributed by atoms with Gasteiger partial charge in [-0.05, 0) is 29.8 Å². The lowest BCUT2D eigenvalue weighted by Gasteiger charge is -2.03. The molecule has 0 bridgehead atoms. The van der Waals surface area contributed by atoms with Crippen LogP contribution in [0.4, 0.5) is 5.69 Å². The van der Waals surface area contributed by atoms with Crippen LogP contribution in [0.3, 0.4) is 0 Å². The summed E-state index contributed by atoms with van der Waals surface area (Å²) in [5, 5.41) is 8.15. The molecule has 0 radical (unpaired) electrons. The maximum absolute atomic E-state index is 11.9. The fraction of sp³-hybridized carbons (Fsp3) is 0.125. The second-order valence-corrected chi connectivity index (χ2v) is 5.32. The van der Waals surface area contributed by atoms with E-state index in [9.17, 15) is 4.79 Å². The Hall–Kier alpha value is -2.53. The van der Waals surface area contributed by atoms with E-state index in [-0.39, 0.29) is 5.69 Å². The molecule has 3 aromatic rings. The van der Waals surface area contributed by atoms with Crippen molar-refractivity contribution in [3.05, 3.63) is 81.5 Å². The van der Waals surface area contributed by atoms with Gasteiger partial charge in [0.05, 0.1) is 13.1 Å². The number of nitrogens with one attached hydrogen (secondary N) is 2. The van der Waals surface area contributed by atoms with Crippen molar-refractivity contribution >= 4 is 17.3 Å². The Kier molecular flexibility index (Phi) is 4.25. The Labute approximate surface area is 132 Å². The lowest BCUT2D eigenvalue weighted by molar-refractivity contribution is 0.651. The van der Waals surface area contributed by atoms with Gasteiger partial charge in [0.25, 0.3) is 0 Å². The van der Waals surface area contributed by atoms with Crippen molar-refractivity contribution in [3.8, 4) is 0 Å². The molecule has 22 heavy (non-hydrogen) atoms. The minimum absolute atomic E-state index is 0.232. The highest BCUT2D eigenvalue weighted by Gasteiger charge is 2.06. The quantitative estimate of drug-likeness (QED) is 0.761. The van der Waals surface area contributed by atoms with Crippen molar-refractivity contribution in [2.45, 2.75) is 13.1 Å². The number of H-pyrrole nitrogens is 1. The number of halogens is 1. The topological polar surface area (TPSA) is 62.7 Å². The molecule has 0 aliphatic carbocycles. The number of nitrogens with zero attached hydrogens (tertiary/aromatic N) is 2. The lowest BCUT2D eigenvalue weighted by atomic mass is 10.2. The molecule has 2 aromatic carbocycles. The summed E-state index contributed by atoms with van der Waals surface area (Å²) < 4.78 is 1.40. The average Bonchev–Trinajstić information content (AvgIpc) is 2.86. The van der Waals surface area contributed by atoms with Crippen LogP contribution in [0, 0.1) is 0 Å². The zero-order valence-corrected chi connectivity index (χ0v) is 12.5. The molecule has 0 saturated heterocycles. The van der Waals surface area contributed by atoms with Gasteiger partial charge in [0.1, 0.15) is 5.82 Å². The van der Waals surface area contributed by atoms with E-state index in [0.29, 0.717) is 23.9 Å². The number of anilines is 1. The maximum Gasteiger partial charge on any atom is 0.343 e. The highest BCUT2D eigenvalue weighted by atomic mass is 35.5. The molecule has 5 nitrogen and oxygen atoms in total. The minimum Gasteiger partial charge on any atom is -0.378 e. The molecule has 0 atom stereocenters. The van der Waals surface area contributed by atoms with Crippen LogP contribution >= 0.6 is 11.6 Å². The van der Waals surface area contributed by atoms with Crippen LogP contribution in [-0.4, -0.2) is 14.8 Å². The van der Waals surface area contributed by atoms with Gasteiger partial charge in [0.15, 0.2) is 0 Å². The first kappa shape index (κ1) is 14.4. The van der Waals surface area contributed by atoms with Gasteiger partial charge in [0.2, 0.25) is 0 Å². The van der Waals surface area contributed by atoms with Crippen LogP contribution in [0.1, 0.15) is 11.4 Å². The SMILES string of the molecule is O=c1[nH]c(CNc2ccccc2)nn1Cc1cccc(Cl)c1. The Morgan fingerprint density at radius 2 is 1.95 bits per heavy atom. The summed E-state index contributed by atoms with van der Waals surface area (Å²) in [5.41, 5.74) is 1.68. The van der Waals surface area contributed by atoms with Gasteiger partial charge in [-0.25, -0.2) is 9.48 Å². The second kappa shape index (κ2) is 6.49. The summed E-state index contributed by atoms with van der Waals surface area (Å²) in [4.78, 5) is 14.7. The summed E-state index contributed by atoms with van der Waals surface area (Å²) in [5.74, 6) is 0.593. The molecule has 2 N–H and O–H groups in total. The first-order valence-electron chi connectivity index (χ1n) is 6.90. The van der Waals surface area contributed by atoms with Crippen LogP contribution in [-0.2, 0) is 13.1 Å². The van der Waals surface area contributed by atoms with Gasteiger partial charge >= 0.3 is 5.69 Å². The maximum atomic E-state index is 11.9. The van der Waals surface area contributed by atoms with E-state index in [2.05, 4.69) is 15.4 Å². The smallest absolute Gasteiger partial charge is 0.343 e. The summed E-state index contributed by atoms with van der Waals surface area (Å²) >= 11 is 5.95. The van der Waals surface area contributed by atoms with Crippen molar-refractivity contribution in [2.75, 3.05) is 5.32 Å². The molecular weight excluding hydrogens is 300 g/mol. The minimum atomic E-state index is -0.232. The van der Waals surface area contributed by atoms with E-state index in [1.807, 2.05) is 48.5 Å². The molecule has 6 heteroatoms. The number of hydrogen-bond acceptors (Lipinski definition) is 3. The van der Waals surface area contributed by atoms with Crippen LogP contribution in [0.5, 0.6) is 0 Å². The van der Waals surface area contributed by atoms with Crippen LogP contribution in [0.25, 0.3) is 0 Å². The third kappa shape index (κ3) is 3.56. The Morgan fingerprint density at radius 1 is 1.14 bits per heavy atom. The summed E-state index contributed by atoms with van der Waals surface area (Å²) in [7, 11) is 0. The highest BCUT2D eigenvalue weighted by molar-refractivity contribution is 6.30. The highest BCUT2D eigenvalue weighted by Crippen LogP contribution is 2.11. The van der Waals surface area contributed by atoms with E-state index >= 15 is 0 Å². The van der Waals surface area contributed by atoms with Crippen molar-refractivity contribution in [1.29, 1.82) is 0 Å². The van der Waals surface area contributed by atoms with E-state index in [0.717, 1.165) is 11.3 Å². The fourth-order valence-electron chi connectivity index (χ4n) is 2.14. The Bertz CT molecular complexity index is 810. The number of aromatic nitrogens is 3. The zero-order valence-electron chi connectivity index (χ0n) is 11.8. The molecule has 3 rings (SSSR count). The molecule has 0 aliphatic heterocycles. The summed E-state index contributed by atoms with van der Waals surface area (Å²) in [6.45, 7) is 0.850. The average molecular weight is 315 g/mol. The standard InChI is InChI=1S/C16H15ClN4O/c17-13-6-4-5-12(9-13)11-21-16(22)19-15(20-21)10-18-14-7-2-1-3-8-14/h1-9,18H,10-11H2,(H,19,20,22). The van der Waals surface area contributed by atoms with Gasteiger partial charge in [-0.1, -0.05) is 41.9 Å². The van der Waals surface area contributed by atoms with Gasteiger partial charge < -0.3 is 5.32 Å². The zero-order chi connectivity index (χ0) is 15.4. The molecule has 0 spiro atoms. The second-order valence-electron chi connectivity index (χ2n) is 4.88. The summed E-state index contributed by atoms with van der Waals surface area (Å²) in [6.07, 6.45) is 0. The predicted octanol–water partition coefficient (Wildman–Crippen LogP) is 2.89. The summed E-state index contributed by atoms with van der Waals surface area (Å²) in [6, 6.07) is 17.2. The van der Waals surface area contributed by atoms with E-state index in [1.165, 1.54) is 4.68 Å². The molecule has 1 heterocycles. The molecule has 0 amide bonds. The van der Waals surface area contributed by atoms with Crippen molar-refractivity contribution in [3.63, 3.8) is 0 Å². The molecule has 112 valence electrons. The molecule has 0 saturated carbocycles. The molecule has 0 fully saturated rings. The largest absolute Gasteiger partial charge is 0.378 e. The third-order valence-electron chi connectivity index (χ3n) is 3.18. The van der Waals surface area contributed by atoms with Crippen LogP contribution in [0.2, 0.25) is 5.02 Å². The first-order valence-corrected chi connectivity index (χ1v) is 7.28. The monoisotopic (exact) mass is 314 g/mol. The van der Waals surface area contributed by atoms with Crippen LogP contribution in [0.15, 0.2) is 59.4 Å². The molecule has 0 unspecified atom stereocenters. The first-order chi connectivity index (χ1) is 10.7.